The highest BCUT2D eigenvalue weighted by molar-refractivity contribution is 14.0. The van der Waals surface area contributed by atoms with Gasteiger partial charge in [0.25, 0.3) is 0 Å². The minimum atomic E-state index is -2.93. The summed E-state index contributed by atoms with van der Waals surface area (Å²) < 4.78 is 42.0. The summed E-state index contributed by atoms with van der Waals surface area (Å²) in [7, 11) is -1.27. The summed E-state index contributed by atoms with van der Waals surface area (Å²) in [5, 5.41) is 6.34. The molecule has 6 nitrogen and oxygen atoms in total. The number of rotatable bonds is 6. The SMILES string of the molecule is CN=C(NCc1ccc(OCc2cccc(F)c2)cc1)NC1CCS(=O)(=O)C1.I. The molecule has 1 fully saturated rings. The number of guanidine groups is 1. The van der Waals surface area contributed by atoms with Crippen LogP contribution in [0, 0.1) is 5.82 Å². The number of aliphatic imine (C=N–C) groups is 1. The molecule has 1 atom stereocenters. The van der Waals surface area contributed by atoms with E-state index in [1.54, 1.807) is 13.1 Å². The Balaban J connectivity index is 0.00000300. The summed E-state index contributed by atoms with van der Waals surface area (Å²) in [5.41, 5.74) is 1.80. The summed E-state index contributed by atoms with van der Waals surface area (Å²) in [4.78, 5) is 4.15. The molecule has 2 N–H and O–H groups in total. The zero-order valence-electron chi connectivity index (χ0n) is 16.1. The van der Waals surface area contributed by atoms with Gasteiger partial charge in [-0.15, -0.1) is 24.0 Å². The van der Waals surface area contributed by atoms with E-state index in [0.717, 1.165) is 11.1 Å². The predicted octanol–water partition coefficient (Wildman–Crippen LogP) is 2.87. The fourth-order valence-electron chi connectivity index (χ4n) is 2.98. The molecule has 0 saturated carbocycles. The third kappa shape index (κ3) is 7.46. The van der Waals surface area contributed by atoms with Crippen molar-refractivity contribution in [3.05, 3.63) is 65.5 Å². The van der Waals surface area contributed by atoms with Crippen molar-refractivity contribution in [2.75, 3.05) is 18.6 Å². The molecule has 158 valence electrons. The molecular formula is C20H25FIN3O3S. The van der Waals surface area contributed by atoms with Crippen molar-refractivity contribution in [2.24, 2.45) is 4.99 Å². The summed E-state index contributed by atoms with van der Waals surface area (Å²) in [6, 6.07) is 13.8. The lowest BCUT2D eigenvalue weighted by Crippen LogP contribution is -2.43. The second kappa shape index (κ2) is 10.8. The van der Waals surface area contributed by atoms with Crippen LogP contribution in [0.5, 0.6) is 5.75 Å². The highest BCUT2D eigenvalue weighted by Gasteiger charge is 2.28. The first-order chi connectivity index (χ1) is 13.4. The monoisotopic (exact) mass is 533 g/mol. The van der Waals surface area contributed by atoms with Crippen LogP contribution in [-0.2, 0) is 23.0 Å². The molecule has 1 aliphatic heterocycles. The third-order valence-corrected chi connectivity index (χ3v) is 6.24. The lowest BCUT2D eigenvalue weighted by molar-refractivity contribution is 0.305. The third-order valence-electron chi connectivity index (χ3n) is 4.47. The fourth-order valence-corrected chi connectivity index (χ4v) is 4.65. The van der Waals surface area contributed by atoms with Crippen LogP contribution in [0.15, 0.2) is 53.5 Å². The van der Waals surface area contributed by atoms with Gasteiger partial charge in [0.1, 0.15) is 18.2 Å². The average Bonchev–Trinajstić information content (AvgIpc) is 3.02. The first-order valence-corrected chi connectivity index (χ1v) is 10.9. The van der Waals surface area contributed by atoms with Crippen molar-refractivity contribution in [3.8, 4) is 5.75 Å². The van der Waals surface area contributed by atoms with E-state index in [4.69, 9.17) is 4.74 Å². The van der Waals surface area contributed by atoms with Gasteiger partial charge >= 0.3 is 0 Å². The number of nitrogens with zero attached hydrogens (tertiary/aromatic N) is 1. The predicted molar refractivity (Wildman–Crippen MR) is 123 cm³/mol. The van der Waals surface area contributed by atoms with Crippen LogP contribution in [0.1, 0.15) is 17.5 Å². The van der Waals surface area contributed by atoms with Gasteiger partial charge in [-0.3, -0.25) is 4.99 Å². The van der Waals surface area contributed by atoms with Gasteiger partial charge in [0.2, 0.25) is 0 Å². The maximum Gasteiger partial charge on any atom is 0.191 e. The van der Waals surface area contributed by atoms with Crippen LogP contribution in [0.3, 0.4) is 0 Å². The van der Waals surface area contributed by atoms with E-state index >= 15 is 0 Å². The molecule has 0 bridgehead atoms. The van der Waals surface area contributed by atoms with Crippen LogP contribution in [0.4, 0.5) is 4.39 Å². The van der Waals surface area contributed by atoms with Crippen molar-refractivity contribution in [1.29, 1.82) is 0 Å². The number of hydrogen-bond acceptors (Lipinski definition) is 4. The Morgan fingerprint density at radius 2 is 1.97 bits per heavy atom. The van der Waals surface area contributed by atoms with E-state index in [-0.39, 0.29) is 47.3 Å². The van der Waals surface area contributed by atoms with Crippen molar-refractivity contribution in [2.45, 2.75) is 25.6 Å². The van der Waals surface area contributed by atoms with Crippen LogP contribution in [0.2, 0.25) is 0 Å². The summed E-state index contributed by atoms with van der Waals surface area (Å²) >= 11 is 0. The molecule has 1 unspecified atom stereocenters. The molecule has 1 saturated heterocycles. The minimum absolute atomic E-state index is 0. The minimum Gasteiger partial charge on any atom is -0.489 e. The molecular weight excluding hydrogens is 508 g/mol. The van der Waals surface area contributed by atoms with E-state index in [0.29, 0.717) is 31.3 Å². The van der Waals surface area contributed by atoms with E-state index in [1.807, 2.05) is 30.3 Å². The van der Waals surface area contributed by atoms with Gasteiger partial charge in [-0.25, -0.2) is 12.8 Å². The van der Waals surface area contributed by atoms with Gasteiger partial charge in [-0.2, -0.15) is 0 Å². The number of nitrogens with one attached hydrogen (secondary N) is 2. The van der Waals surface area contributed by atoms with Crippen LogP contribution in [-0.4, -0.2) is 39.0 Å². The lowest BCUT2D eigenvalue weighted by Gasteiger charge is -2.16. The Morgan fingerprint density at radius 1 is 1.21 bits per heavy atom. The molecule has 3 rings (SSSR count). The lowest BCUT2D eigenvalue weighted by atomic mass is 10.2. The van der Waals surface area contributed by atoms with Gasteiger partial charge in [-0.1, -0.05) is 24.3 Å². The highest BCUT2D eigenvalue weighted by Crippen LogP contribution is 2.15. The molecule has 1 aliphatic rings. The van der Waals surface area contributed by atoms with Crippen molar-refractivity contribution >= 4 is 39.8 Å². The number of ether oxygens (including phenoxy) is 1. The van der Waals surface area contributed by atoms with Crippen molar-refractivity contribution < 1.29 is 17.5 Å². The summed E-state index contributed by atoms with van der Waals surface area (Å²) in [6.45, 7) is 0.847. The standard InChI is InChI=1S/C20H24FN3O3S.HI/c1-22-20(24-18-9-10-28(25,26)14-18)23-12-15-5-7-19(8-6-15)27-13-16-3-2-4-17(21)11-16;/h2-8,11,18H,9-10,12-14H2,1H3,(H2,22,23,24);1H. The summed E-state index contributed by atoms with van der Waals surface area (Å²) in [5.74, 6) is 1.36. The number of benzene rings is 2. The largest absolute Gasteiger partial charge is 0.489 e. The summed E-state index contributed by atoms with van der Waals surface area (Å²) in [6.07, 6.45) is 0.598. The Morgan fingerprint density at radius 3 is 2.59 bits per heavy atom. The zero-order valence-corrected chi connectivity index (χ0v) is 19.2. The number of sulfone groups is 1. The second-order valence-electron chi connectivity index (χ2n) is 6.73. The van der Waals surface area contributed by atoms with Gasteiger partial charge in [-0.05, 0) is 41.8 Å². The number of hydrogen-bond donors (Lipinski definition) is 2. The first kappa shape index (κ1) is 23.4. The molecule has 29 heavy (non-hydrogen) atoms. The van der Waals surface area contributed by atoms with Gasteiger partial charge in [0.15, 0.2) is 15.8 Å². The molecule has 2 aromatic carbocycles. The molecule has 0 aromatic heterocycles. The molecule has 0 spiro atoms. The van der Waals surface area contributed by atoms with E-state index < -0.39 is 9.84 Å². The van der Waals surface area contributed by atoms with Crippen molar-refractivity contribution in [3.63, 3.8) is 0 Å². The maximum absolute atomic E-state index is 13.2. The molecule has 0 aliphatic carbocycles. The maximum atomic E-state index is 13.2. The fraction of sp³-hybridized carbons (Fsp3) is 0.350. The van der Waals surface area contributed by atoms with Gasteiger partial charge in [0.05, 0.1) is 11.5 Å². The van der Waals surface area contributed by atoms with E-state index in [9.17, 15) is 12.8 Å². The van der Waals surface area contributed by atoms with Gasteiger partial charge in [0, 0.05) is 19.6 Å². The Kier molecular flexibility index (Phi) is 8.69. The van der Waals surface area contributed by atoms with Crippen LogP contribution < -0.4 is 15.4 Å². The van der Waals surface area contributed by atoms with E-state index in [2.05, 4.69) is 15.6 Å². The number of halogens is 2. The Labute approximate surface area is 187 Å². The Bertz CT molecular complexity index is 936. The normalized spacial score (nSPS) is 18.0. The molecule has 2 aromatic rings. The smallest absolute Gasteiger partial charge is 0.191 e. The quantitative estimate of drug-likeness (QED) is 0.339. The van der Waals surface area contributed by atoms with Crippen LogP contribution >= 0.6 is 24.0 Å². The first-order valence-electron chi connectivity index (χ1n) is 9.07. The molecule has 9 heteroatoms. The van der Waals surface area contributed by atoms with E-state index in [1.165, 1.54) is 12.1 Å². The second-order valence-corrected chi connectivity index (χ2v) is 8.96. The van der Waals surface area contributed by atoms with Gasteiger partial charge < -0.3 is 15.4 Å². The van der Waals surface area contributed by atoms with Crippen LogP contribution in [0.25, 0.3) is 0 Å². The van der Waals surface area contributed by atoms with Crippen molar-refractivity contribution in [1.82, 2.24) is 10.6 Å². The molecule has 0 amide bonds. The zero-order chi connectivity index (χ0) is 20.0. The molecule has 1 heterocycles. The topological polar surface area (TPSA) is 79.8 Å². The average molecular weight is 533 g/mol. The highest BCUT2D eigenvalue weighted by atomic mass is 127. The Hall–Kier alpha value is -1.88. The molecule has 0 radical (unpaired) electrons.